The molecule has 0 unspecified atom stereocenters. The quantitative estimate of drug-likeness (QED) is 0.145. The zero-order valence-corrected chi connectivity index (χ0v) is 18.2. The summed E-state index contributed by atoms with van der Waals surface area (Å²) in [5.74, 6) is -5.84. The summed E-state index contributed by atoms with van der Waals surface area (Å²) < 4.78 is 5.07. The number of hydrogen-bond donors (Lipinski definition) is 5. The second kappa shape index (κ2) is 14.2. The smallest absolute Gasteiger partial charge is 0.372 e. The highest BCUT2D eigenvalue weighted by Crippen LogP contribution is 2.17. The Bertz CT molecular complexity index is 878. The van der Waals surface area contributed by atoms with Crippen LogP contribution in [0.2, 0.25) is 0 Å². The standard InChI is InChI=1S/C22H28N2O9/c1-2-3-4-11-23-21(30)16(24-18(25)9-10-19(26)27)12-14-5-7-15(8-6-14)33-17(22(31)32)13-20(28)29/h5-8,13,16H,2-4,9-12H2,1H3,(H,23,30)(H,24,25)(H,26,27)(H,28,29)(H,31,32)/b17-13+/t16-/m0/s1. The monoisotopic (exact) mass is 464 g/mol. The van der Waals surface area contributed by atoms with E-state index in [-0.39, 0.29) is 25.0 Å². The number of carboxylic acid groups (broad SMARTS) is 3. The number of carbonyl (C=O) groups excluding carboxylic acids is 2. The Kier molecular flexibility index (Phi) is 11.7. The SMILES string of the molecule is CCCCCNC(=O)[C@H](Cc1ccc(O/C(=C/C(=O)O)C(=O)O)cc1)NC(=O)CCC(=O)O. The highest BCUT2D eigenvalue weighted by Gasteiger charge is 2.21. The molecule has 1 atom stereocenters. The summed E-state index contributed by atoms with van der Waals surface area (Å²) in [5.41, 5.74) is 0.605. The zero-order valence-electron chi connectivity index (χ0n) is 18.2. The van der Waals surface area contributed by atoms with Crippen LogP contribution in [0, 0.1) is 0 Å². The van der Waals surface area contributed by atoms with Crippen LogP contribution >= 0.6 is 0 Å². The molecule has 0 aliphatic rings. The summed E-state index contributed by atoms with van der Waals surface area (Å²) in [7, 11) is 0. The number of rotatable bonds is 15. The Morgan fingerprint density at radius 1 is 1.00 bits per heavy atom. The summed E-state index contributed by atoms with van der Waals surface area (Å²) in [5, 5.41) is 31.8. The third-order valence-corrected chi connectivity index (χ3v) is 4.35. The van der Waals surface area contributed by atoms with Crippen molar-refractivity contribution in [2.24, 2.45) is 0 Å². The van der Waals surface area contributed by atoms with Crippen LogP contribution in [0.15, 0.2) is 36.1 Å². The molecular formula is C22H28N2O9. The number of benzene rings is 1. The number of ether oxygens (including phenoxy) is 1. The van der Waals surface area contributed by atoms with E-state index in [1.165, 1.54) is 24.3 Å². The second-order valence-corrected chi connectivity index (χ2v) is 7.11. The van der Waals surface area contributed by atoms with Gasteiger partial charge in [-0.25, -0.2) is 9.59 Å². The van der Waals surface area contributed by atoms with Crippen LogP contribution in [0.3, 0.4) is 0 Å². The van der Waals surface area contributed by atoms with Gasteiger partial charge in [-0.3, -0.25) is 14.4 Å². The number of carboxylic acids is 3. The van der Waals surface area contributed by atoms with Crippen LogP contribution in [0.4, 0.5) is 0 Å². The first-order chi connectivity index (χ1) is 15.6. The van der Waals surface area contributed by atoms with Crippen LogP contribution < -0.4 is 15.4 Å². The molecule has 1 aromatic carbocycles. The number of aliphatic carboxylic acids is 3. The molecule has 0 fully saturated rings. The molecule has 2 amide bonds. The summed E-state index contributed by atoms with van der Waals surface area (Å²) >= 11 is 0. The molecule has 11 heteroatoms. The highest BCUT2D eigenvalue weighted by molar-refractivity contribution is 5.93. The average molecular weight is 464 g/mol. The highest BCUT2D eigenvalue weighted by atomic mass is 16.5. The summed E-state index contributed by atoms with van der Waals surface area (Å²) in [6.07, 6.45) is 2.58. The topological polar surface area (TPSA) is 179 Å². The molecule has 1 rings (SSSR count). The minimum atomic E-state index is -1.55. The molecule has 0 heterocycles. The molecule has 0 radical (unpaired) electrons. The summed E-state index contributed by atoms with van der Waals surface area (Å²) in [6.45, 7) is 2.46. The van der Waals surface area contributed by atoms with Crippen molar-refractivity contribution < 1.29 is 44.0 Å². The third-order valence-electron chi connectivity index (χ3n) is 4.35. The number of amides is 2. The molecule has 180 valence electrons. The molecule has 0 bridgehead atoms. The van der Waals surface area contributed by atoms with E-state index in [1.807, 2.05) is 6.92 Å². The molecule has 0 saturated heterocycles. The first kappa shape index (κ1) is 27.1. The van der Waals surface area contributed by atoms with Gasteiger partial charge >= 0.3 is 17.9 Å². The Morgan fingerprint density at radius 2 is 1.67 bits per heavy atom. The Balaban J connectivity index is 2.88. The number of unbranched alkanes of at least 4 members (excludes halogenated alkanes) is 2. The van der Waals surface area contributed by atoms with Gasteiger partial charge in [0.1, 0.15) is 11.8 Å². The molecule has 1 aromatic rings. The predicted octanol–water partition coefficient (Wildman–Crippen LogP) is 1.32. The van der Waals surface area contributed by atoms with Gasteiger partial charge in [-0.15, -0.1) is 0 Å². The maximum atomic E-state index is 12.6. The van der Waals surface area contributed by atoms with Crippen LogP contribution in [0.1, 0.15) is 44.6 Å². The van der Waals surface area contributed by atoms with Crippen molar-refractivity contribution in [2.45, 2.75) is 51.5 Å². The third kappa shape index (κ3) is 11.3. The van der Waals surface area contributed by atoms with Gasteiger partial charge < -0.3 is 30.7 Å². The number of carbonyl (C=O) groups is 5. The molecule has 0 saturated carbocycles. The van der Waals surface area contributed by atoms with Gasteiger partial charge in [0.15, 0.2) is 0 Å². The maximum Gasteiger partial charge on any atom is 0.372 e. The lowest BCUT2D eigenvalue weighted by Gasteiger charge is -2.19. The minimum Gasteiger partial charge on any atom is -0.481 e. The van der Waals surface area contributed by atoms with E-state index < -0.39 is 41.5 Å². The van der Waals surface area contributed by atoms with Crippen LogP contribution in [-0.4, -0.2) is 57.6 Å². The predicted molar refractivity (Wildman–Crippen MR) is 115 cm³/mol. The fourth-order valence-corrected chi connectivity index (χ4v) is 2.71. The molecule has 0 aliphatic heterocycles. The van der Waals surface area contributed by atoms with Gasteiger partial charge in [-0.1, -0.05) is 31.9 Å². The average Bonchev–Trinajstić information content (AvgIpc) is 2.75. The molecule has 0 spiro atoms. The van der Waals surface area contributed by atoms with E-state index >= 15 is 0 Å². The molecule has 33 heavy (non-hydrogen) atoms. The largest absolute Gasteiger partial charge is 0.481 e. The Morgan fingerprint density at radius 3 is 2.21 bits per heavy atom. The van der Waals surface area contributed by atoms with Crippen molar-refractivity contribution >= 4 is 29.7 Å². The van der Waals surface area contributed by atoms with E-state index in [2.05, 4.69) is 10.6 Å². The van der Waals surface area contributed by atoms with Crippen molar-refractivity contribution in [3.05, 3.63) is 41.7 Å². The zero-order chi connectivity index (χ0) is 24.8. The van der Waals surface area contributed by atoms with Gasteiger partial charge in [-0.2, -0.15) is 0 Å². The fraction of sp³-hybridized carbons (Fsp3) is 0.409. The first-order valence-electron chi connectivity index (χ1n) is 10.4. The van der Waals surface area contributed by atoms with Crippen molar-refractivity contribution in [1.82, 2.24) is 10.6 Å². The van der Waals surface area contributed by atoms with Gasteiger partial charge in [0.05, 0.1) is 12.5 Å². The lowest BCUT2D eigenvalue weighted by molar-refractivity contribution is -0.139. The number of nitrogens with one attached hydrogen (secondary N) is 2. The molecule has 0 aliphatic carbocycles. The Hall–Kier alpha value is -3.89. The summed E-state index contributed by atoms with van der Waals surface area (Å²) in [4.78, 5) is 57.1. The van der Waals surface area contributed by atoms with Gasteiger partial charge in [0, 0.05) is 19.4 Å². The van der Waals surface area contributed by atoms with Crippen LogP contribution in [0.25, 0.3) is 0 Å². The normalized spacial score (nSPS) is 11.8. The lowest BCUT2D eigenvalue weighted by Crippen LogP contribution is -2.48. The first-order valence-corrected chi connectivity index (χ1v) is 10.4. The van der Waals surface area contributed by atoms with E-state index in [9.17, 15) is 24.0 Å². The van der Waals surface area contributed by atoms with E-state index in [0.717, 1.165) is 19.3 Å². The van der Waals surface area contributed by atoms with Gasteiger partial charge in [-0.05, 0) is 24.1 Å². The van der Waals surface area contributed by atoms with E-state index in [4.69, 9.17) is 20.1 Å². The van der Waals surface area contributed by atoms with E-state index in [0.29, 0.717) is 18.2 Å². The Labute approximate surface area is 190 Å². The second-order valence-electron chi connectivity index (χ2n) is 7.11. The molecular weight excluding hydrogens is 436 g/mol. The van der Waals surface area contributed by atoms with Crippen LogP contribution in [0.5, 0.6) is 5.75 Å². The molecule has 0 aromatic heterocycles. The summed E-state index contributed by atoms with van der Waals surface area (Å²) in [6, 6.07) is 4.93. The fourth-order valence-electron chi connectivity index (χ4n) is 2.71. The van der Waals surface area contributed by atoms with Crippen LogP contribution in [-0.2, 0) is 30.4 Å². The van der Waals surface area contributed by atoms with Crippen molar-refractivity contribution in [3.8, 4) is 5.75 Å². The molecule has 5 N–H and O–H groups in total. The van der Waals surface area contributed by atoms with Crippen molar-refractivity contribution in [1.29, 1.82) is 0 Å². The van der Waals surface area contributed by atoms with Gasteiger partial charge in [0.2, 0.25) is 17.6 Å². The van der Waals surface area contributed by atoms with Crippen molar-refractivity contribution in [2.75, 3.05) is 6.54 Å². The van der Waals surface area contributed by atoms with Gasteiger partial charge in [0.25, 0.3) is 0 Å². The van der Waals surface area contributed by atoms with Crippen molar-refractivity contribution in [3.63, 3.8) is 0 Å². The maximum absolute atomic E-state index is 12.6. The number of hydrogen-bond acceptors (Lipinski definition) is 6. The van der Waals surface area contributed by atoms with E-state index in [1.54, 1.807) is 0 Å². The molecule has 11 nitrogen and oxygen atoms in total. The lowest BCUT2D eigenvalue weighted by atomic mass is 10.0. The minimum absolute atomic E-state index is 0.0692.